The Morgan fingerprint density at radius 2 is 2.10 bits per heavy atom. The van der Waals surface area contributed by atoms with Crippen molar-refractivity contribution in [3.8, 4) is 0 Å². The lowest BCUT2D eigenvalue weighted by Gasteiger charge is -2.43. The summed E-state index contributed by atoms with van der Waals surface area (Å²) in [5.41, 5.74) is 2.21. The van der Waals surface area contributed by atoms with Crippen molar-refractivity contribution < 1.29 is 4.42 Å². The maximum absolute atomic E-state index is 5.53. The molecule has 0 unspecified atom stereocenters. The number of rotatable bonds is 3. The number of imidazole rings is 1. The van der Waals surface area contributed by atoms with Crippen LogP contribution in [0.25, 0.3) is 11.0 Å². The lowest BCUT2D eigenvalue weighted by molar-refractivity contribution is 0.229. The third kappa shape index (κ3) is 2.84. The number of furan rings is 1. The minimum Gasteiger partial charge on any atom is -0.468 e. The van der Waals surface area contributed by atoms with Crippen molar-refractivity contribution in [2.45, 2.75) is 32.0 Å². The zero-order valence-corrected chi connectivity index (χ0v) is 16.2. The van der Waals surface area contributed by atoms with E-state index in [-0.39, 0.29) is 6.17 Å². The van der Waals surface area contributed by atoms with Gasteiger partial charge in [-0.3, -0.25) is 14.4 Å². The fraction of sp³-hybridized carbons (Fsp3) is 0.364. The zero-order valence-electron chi connectivity index (χ0n) is 16.2. The van der Waals surface area contributed by atoms with E-state index in [2.05, 4.69) is 56.1 Å². The van der Waals surface area contributed by atoms with E-state index in [0.29, 0.717) is 12.6 Å². The van der Waals surface area contributed by atoms with Crippen LogP contribution in [0.1, 0.15) is 31.2 Å². The van der Waals surface area contributed by atoms with Crippen molar-refractivity contribution >= 4 is 22.9 Å². The number of nitrogens with one attached hydrogen (secondary N) is 1. The molecule has 7 nitrogen and oxygen atoms in total. The highest BCUT2D eigenvalue weighted by atomic mass is 16.3. The van der Waals surface area contributed by atoms with E-state index >= 15 is 0 Å². The summed E-state index contributed by atoms with van der Waals surface area (Å²) < 4.78 is 7.92. The van der Waals surface area contributed by atoms with E-state index in [1.165, 1.54) is 11.9 Å². The van der Waals surface area contributed by atoms with E-state index in [9.17, 15) is 0 Å². The summed E-state index contributed by atoms with van der Waals surface area (Å²) >= 11 is 0. The van der Waals surface area contributed by atoms with Crippen LogP contribution < -0.4 is 10.2 Å². The molecule has 0 saturated carbocycles. The Labute approximate surface area is 169 Å². The van der Waals surface area contributed by atoms with Crippen LogP contribution >= 0.6 is 0 Å². The quantitative estimate of drug-likeness (QED) is 0.694. The molecule has 4 heterocycles. The van der Waals surface area contributed by atoms with Crippen molar-refractivity contribution in [3.63, 3.8) is 0 Å². The highest BCUT2D eigenvalue weighted by Gasteiger charge is 2.38. The maximum Gasteiger partial charge on any atom is 0.216 e. The van der Waals surface area contributed by atoms with Gasteiger partial charge in [-0.25, -0.2) is 9.98 Å². The molecule has 3 aliphatic rings. The number of benzene rings is 1. The molecule has 1 aliphatic carbocycles. The van der Waals surface area contributed by atoms with Crippen molar-refractivity contribution in [1.29, 1.82) is 0 Å². The van der Waals surface area contributed by atoms with Gasteiger partial charge in [-0.1, -0.05) is 24.3 Å². The van der Waals surface area contributed by atoms with Gasteiger partial charge in [0.25, 0.3) is 0 Å². The molecule has 148 valence electrons. The van der Waals surface area contributed by atoms with Crippen LogP contribution in [0.15, 0.2) is 64.2 Å². The topological polar surface area (TPSA) is 61.8 Å². The predicted molar refractivity (Wildman–Crippen MR) is 112 cm³/mol. The molecule has 0 saturated heterocycles. The molecule has 7 heteroatoms. The lowest BCUT2D eigenvalue weighted by atomic mass is 9.91. The van der Waals surface area contributed by atoms with Gasteiger partial charge in [-0.15, -0.1) is 0 Å². The van der Waals surface area contributed by atoms with Gasteiger partial charge in [0.2, 0.25) is 11.9 Å². The zero-order chi connectivity index (χ0) is 19.2. The first-order valence-corrected chi connectivity index (χ1v) is 10.3. The second kappa shape index (κ2) is 6.77. The van der Waals surface area contributed by atoms with Crippen molar-refractivity contribution in [3.05, 3.63) is 60.6 Å². The highest BCUT2D eigenvalue weighted by Crippen LogP contribution is 2.37. The second-order valence-corrected chi connectivity index (χ2v) is 8.01. The number of anilines is 1. The first-order chi connectivity index (χ1) is 14.4. The molecule has 2 atom stereocenters. The van der Waals surface area contributed by atoms with Gasteiger partial charge < -0.3 is 9.73 Å². The number of para-hydroxylation sites is 2. The Morgan fingerprint density at radius 3 is 2.97 bits per heavy atom. The van der Waals surface area contributed by atoms with E-state index < -0.39 is 0 Å². The molecule has 0 amide bonds. The number of aliphatic imine (C=N–C) groups is 1. The summed E-state index contributed by atoms with van der Waals surface area (Å²) in [7, 11) is 0. The SMILES string of the molecule is C1=CC[C@H]([C@@H]2NC3=NCN(Cc4ccco4)CN3c3nc4ccccc4n32)CC1. The van der Waals surface area contributed by atoms with E-state index in [4.69, 9.17) is 14.4 Å². The predicted octanol–water partition coefficient (Wildman–Crippen LogP) is 3.68. The van der Waals surface area contributed by atoms with Crippen LogP contribution in [0.2, 0.25) is 0 Å². The molecule has 3 aromatic rings. The summed E-state index contributed by atoms with van der Waals surface area (Å²) in [6.45, 7) is 2.11. The summed E-state index contributed by atoms with van der Waals surface area (Å²) in [6, 6.07) is 12.4. The third-order valence-electron chi connectivity index (χ3n) is 6.11. The fourth-order valence-corrected chi connectivity index (χ4v) is 4.69. The van der Waals surface area contributed by atoms with Crippen molar-refractivity contribution in [2.24, 2.45) is 10.9 Å². The number of hydrogen-bond donors (Lipinski definition) is 1. The highest BCUT2D eigenvalue weighted by molar-refractivity contribution is 5.98. The normalized spacial score (nSPS) is 24.1. The Bertz CT molecular complexity index is 1080. The first-order valence-electron chi connectivity index (χ1n) is 10.3. The van der Waals surface area contributed by atoms with E-state index in [0.717, 1.165) is 49.2 Å². The van der Waals surface area contributed by atoms with Crippen LogP contribution in [0.5, 0.6) is 0 Å². The fourth-order valence-electron chi connectivity index (χ4n) is 4.69. The summed E-state index contributed by atoms with van der Waals surface area (Å²) in [6.07, 6.45) is 9.91. The molecule has 1 aromatic carbocycles. The van der Waals surface area contributed by atoms with Crippen LogP contribution in [0.3, 0.4) is 0 Å². The number of guanidine groups is 1. The van der Waals surface area contributed by atoms with Crippen molar-refractivity contribution in [1.82, 2.24) is 19.8 Å². The number of fused-ring (bicyclic) bond motifs is 5. The third-order valence-corrected chi connectivity index (χ3v) is 6.11. The van der Waals surface area contributed by atoms with Gasteiger partial charge in [0, 0.05) is 5.92 Å². The Balaban J connectivity index is 1.40. The molecular formula is C22H24N6O. The molecule has 0 spiro atoms. The molecule has 6 rings (SSSR count). The second-order valence-electron chi connectivity index (χ2n) is 8.01. The summed E-state index contributed by atoms with van der Waals surface area (Å²) in [5.74, 6) is 3.40. The minimum absolute atomic E-state index is 0.175. The molecule has 2 aliphatic heterocycles. The van der Waals surface area contributed by atoms with E-state index in [1.54, 1.807) is 6.26 Å². The van der Waals surface area contributed by atoms with Crippen LogP contribution in [0, 0.1) is 5.92 Å². The van der Waals surface area contributed by atoms with Gasteiger partial charge >= 0.3 is 0 Å². The van der Waals surface area contributed by atoms with E-state index in [1.807, 2.05) is 12.1 Å². The van der Waals surface area contributed by atoms with Crippen LogP contribution in [-0.4, -0.2) is 33.7 Å². The largest absolute Gasteiger partial charge is 0.468 e. The summed E-state index contributed by atoms with van der Waals surface area (Å²) in [5, 5.41) is 3.75. The molecule has 0 radical (unpaired) electrons. The molecular weight excluding hydrogens is 364 g/mol. The van der Waals surface area contributed by atoms with Gasteiger partial charge in [0.05, 0.1) is 37.2 Å². The Morgan fingerprint density at radius 1 is 1.14 bits per heavy atom. The average Bonchev–Trinajstić information content (AvgIpc) is 3.42. The lowest BCUT2D eigenvalue weighted by Crippen LogP contribution is -2.58. The van der Waals surface area contributed by atoms with Gasteiger partial charge in [-0.2, -0.15) is 0 Å². The Kier molecular flexibility index (Phi) is 3.94. The average molecular weight is 388 g/mol. The maximum atomic E-state index is 5.53. The Hall–Kier alpha value is -3.06. The number of nitrogens with zero attached hydrogens (tertiary/aromatic N) is 5. The van der Waals surface area contributed by atoms with Gasteiger partial charge in [0.15, 0.2) is 0 Å². The summed E-state index contributed by atoms with van der Waals surface area (Å²) in [4.78, 5) is 14.3. The molecule has 1 N–H and O–H groups in total. The van der Waals surface area contributed by atoms with Gasteiger partial charge in [-0.05, 0) is 43.5 Å². The molecule has 2 aromatic heterocycles. The molecule has 29 heavy (non-hydrogen) atoms. The first kappa shape index (κ1) is 16.9. The standard InChI is InChI=1S/C22H24N6O/c1-2-7-16(8-3-1)20-25-21-23-14-26(13-17-9-6-12-29-17)15-27(21)22-24-18-10-4-5-11-19(18)28(20)22/h1-2,4-6,9-12,16,20H,3,7-8,13-15H2,(H,23,25)/t16-,20+/m0/s1. The number of allylic oxidation sites excluding steroid dienone is 2. The number of hydrogen-bond acceptors (Lipinski definition) is 6. The minimum atomic E-state index is 0.175. The van der Waals surface area contributed by atoms with Gasteiger partial charge in [0.1, 0.15) is 11.9 Å². The number of aromatic nitrogens is 2. The molecule has 0 fully saturated rings. The van der Waals surface area contributed by atoms with Crippen LogP contribution in [0.4, 0.5) is 5.95 Å². The smallest absolute Gasteiger partial charge is 0.216 e. The molecule has 0 bridgehead atoms. The van der Waals surface area contributed by atoms with Crippen molar-refractivity contribution in [2.75, 3.05) is 18.2 Å². The van der Waals surface area contributed by atoms with Crippen LogP contribution in [-0.2, 0) is 6.54 Å². The monoisotopic (exact) mass is 388 g/mol.